The third kappa shape index (κ3) is 2.82. The summed E-state index contributed by atoms with van der Waals surface area (Å²) in [7, 11) is 0. The van der Waals surface area contributed by atoms with Crippen LogP contribution in [0.15, 0.2) is 97.3 Å². The van der Waals surface area contributed by atoms with Crippen LogP contribution in [-0.2, 0) is 0 Å². The van der Waals surface area contributed by atoms with Gasteiger partial charge in [-0.25, -0.2) is 0 Å². The number of aromatic amines is 1. The molecule has 0 aliphatic rings. The largest absolute Gasteiger partial charge is 0.367 e. The summed E-state index contributed by atoms with van der Waals surface area (Å²) in [5.41, 5.74) is 7.42. The molecule has 0 aliphatic carbocycles. The zero-order valence-electron chi connectivity index (χ0n) is 12.7. The van der Waals surface area contributed by atoms with Crippen LogP contribution in [0, 0.1) is 0 Å². The Morgan fingerprint density at radius 1 is 0.435 bits per heavy atom. The molecule has 4 rings (SSSR count). The van der Waals surface area contributed by atoms with E-state index in [0.717, 1.165) is 0 Å². The molecule has 0 radical (unpaired) electrons. The van der Waals surface area contributed by atoms with Gasteiger partial charge in [-0.1, -0.05) is 72.8 Å². The molecule has 0 spiro atoms. The number of hydrogen-bond acceptors (Lipinski definition) is 0. The summed E-state index contributed by atoms with van der Waals surface area (Å²) < 4.78 is 0. The van der Waals surface area contributed by atoms with Gasteiger partial charge in [0.25, 0.3) is 0 Å². The molecule has 0 amide bonds. The van der Waals surface area contributed by atoms with Crippen molar-refractivity contribution >= 4 is 0 Å². The molecule has 0 saturated heterocycles. The number of nitrogens with one attached hydrogen (secondary N) is 1. The first-order valence-electron chi connectivity index (χ1n) is 7.79. The zero-order valence-corrected chi connectivity index (χ0v) is 12.7. The summed E-state index contributed by atoms with van der Waals surface area (Å²) in [6.45, 7) is 0. The fourth-order valence-electron chi connectivity index (χ4n) is 2.87. The Kier molecular flexibility index (Phi) is 3.53. The minimum Gasteiger partial charge on any atom is -0.367 e. The number of benzene rings is 3. The predicted octanol–water partition coefficient (Wildman–Crippen LogP) is 6.02. The normalized spacial score (nSPS) is 10.6. The smallest absolute Gasteiger partial charge is 0.00841 e. The maximum atomic E-state index is 3.11. The van der Waals surface area contributed by atoms with E-state index in [1.54, 1.807) is 0 Å². The van der Waals surface area contributed by atoms with E-state index in [1.807, 2.05) is 18.5 Å². The van der Waals surface area contributed by atoms with Gasteiger partial charge in [0.2, 0.25) is 0 Å². The van der Waals surface area contributed by atoms with Crippen molar-refractivity contribution in [3.63, 3.8) is 0 Å². The van der Waals surface area contributed by atoms with E-state index in [-0.39, 0.29) is 0 Å². The standard InChI is InChI=1S/C22H17N/c1-2-5-17(6-3-1)18-9-11-19(12-10-18)20-7-4-8-21(15-20)22-13-14-23-16-22/h1-16,23H. The Hall–Kier alpha value is -3.06. The Morgan fingerprint density at radius 3 is 1.65 bits per heavy atom. The Labute approximate surface area is 136 Å². The molecule has 0 atom stereocenters. The van der Waals surface area contributed by atoms with Crippen molar-refractivity contribution in [2.24, 2.45) is 0 Å². The third-order valence-corrected chi connectivity index (χ3v) is 4.12. The van der Waals surface area contributed by atoms with E-state index < -0.39 is 0 Å². The van der Waals surface area contributed by atoms with Crippen molar-refractivity contribution in [2.75, 3.05) is 0 Å². The number of H-pyrrole nitrogens is 1. The van der Waals surface area contributed by atoms with Gasteiger partial charge in [-0.15, -0.1) is 0 Å². The topological polar surface area (TPSA) is 15.8 Å². The molecule has 1 aromatic heterocycles. The molecule has 1 nitrogen and oxygen atoms in total. The first kappa shape index (κ1) is 13.6. The molecular weight excluding hydrogens is 278 g/mol. The molecule has 23 heavy (non-hydrogen) atoms. The van der Waals surface area contributed by atoms with Gasteiger partial charge in [0.1, 0.15) is 0 Å². The van der Waals surface area contributed by atoms with E-state index in [2.05, 4.69) is 83.8 Å². The summed E-state index contributed by atoms with van der Waals surface area (Å²) in [5, 5.41) is 0. The van der Waals surface area contributed by atoms with Crippen LogP contribution in [0.2, 0.25) is 0 Å². The highest BCUT2D eigenvalue weighted by Crippen LogP contribution is 2.28. The third-order valence-electron chi connectivity index (χ3n) is 4.12. The lowest BCUT2D eigenvalue weighted by Gasteiger charge is -2.07. The van der Waals surface area contributed by atoms with Crippen LogP contribution in [0.4, 0.5) is 0 Å². The second-order valence-corrected chi connectivity index (χ2v) is 5.62. The maximum Gasteiger partial charge on any atom is 0.00841 e. The quantitative estimate of drug-likeness (QED) is 0.476. The van der Waals surface area contributed by atoms with Gasteiger partial charge in [-0.3, -0.25) is 0 Å². The van der Waals surface area contributed by atoms with Crippen molar-refractivity contribution in [1.82, 2.24) is 4.98 Å². The molecule has 0 saturated carbocycles. The fourth-order valence-corrected chi connectivity index (χ4v) is 2.87. The van der Waals surface area contributed by atoms with E-state index >= 15 is 0 Å². The average Bonchev–Trinajstić information content (AvgIpc) is 3.18. The molecule has 0 fully saturated rings. The highest BCUT2D eigenvalue weighted by atomic mass is 14.6. The molecule has 0 bridgehead atoms. The van der Waals surface area contributed by atoms with Crippen LogP contribution in [0.5, 0.6) is 0 Å². The molecule has 110 valence electrons. The van der Waals surface area contributed by atoms with Gasteiger partial charge in [0.05, 0.1) is 0 Å². The summed E-state index contributed by atoms with van der Waals surface area (Å²) in [4.78, 5) is 3.11. The lowest BCUT2D eigenvalue weighted by Crippen LogP contribution is -1.81. The van der Waals surface area contributed by atoms with E-state index in [4.69, 9.17) is 0 Å². The van der Waals surface area contributed by atoms with Crippen LogP contribution in [0.25, 0.3) is 33.4 Å². The van der Waals surface area contributed by atoms with Gasteiger partial charge in [-0.05, 0) is 45.5 Å². The Bertz CT molecular complexity index is 888. The summed E-state index contributed by atoms with van der Waals surface area (Å²) in [5.74, 6) is 0. The van der Waals surface area contributed by atoms with Crippen molar-refractivity contribution in [3.05, 3.63) is 97.3 Å². The molecular formula is C22H17N. The van der Waals surface area contributed by atoms with Gasteiger partial charge in [-0.2, -0.15) is 0 Å². The first-order chi connectivity index (χ1) is 11.4. The molecule has 4 aromatic rings. The lowest BCUT2D eigenvalue weighted by atomic mass is 9.98. The minimum absolute atomic E-state index is 1.22. The molecule has 1 N–H and O–H groups in total. The van der Waals surface area contributed by atoms with Crippen molar-refractivity contribution < 1.29 is 0 Å². The van der Waals surface area contributed by atoms with Gasteiger partial charge in [0.15, 0.2) is 0 Å². The second-order valence-electron chi connectivity index (χ2n) is 5.62. The Balaban J connectivity index is 1.68. The van der Waals surface area contributed by atoms with Crippen LogP contribution in [0.3, 0.4) is 0 Å². The summed E-state index contributed by atoms with van der Waals surface area (Å²) >= 11 is 0. The highest BCUT2D eigenvalue weighted by molar-refractivity contribution is 5.75. The average molecular weight is 295 g/mol. The van der Waals surface area contributed by atoms with Gasteiger partial charge < -0.3 is 4.98 Å². The van der Waals surface area contributed by atoms with Gasteiger partial charge >= 0.3 is 0 Å². The highest BCUT2D eigenvalue weighted by Gasteiger charge is 2.03. The first-order valence-corrected chi connectivity index (χ1v) is 7.79. The monoisotopic (exact) mass is 295 g/mol. The number of hydrogen-bond donors (Lipinski definition) is 1. The van der Waals surface area contributed by atoms with Crippen molar-refractivity contribution in [1.29, 1.82) is 0 Å². The van der Waals surface area contributed by atoms with Gasteiger partial charge in [0, 0.05) is 12.4 Å². The number of rotatable bonds is 3. The van der Waals surface area contributed by atoms with E-state index in [1.165, 1.54) is 33.4 Å². The van der Waals surface area contributed by atoms with E-state index in [9.17, 15) is 0 Å². The van der Waals surface area contributed by atoms with Crippen LogP contribution < -0.4 is 0 Å². The second kappa shape index (κ2) is 5.98. The van der Waals surface area contributed by atoms with E-state index in [0.29, 0.717) is 0 Å². The maximum absolute atomic E-state index is 3.11. The summed E-state index contributed by atoms with van der Waals surface area (Å²) in [6, 6.07) is 30.0. The Morgan fingerprint density at radius 2 is 1.00 bits per heavy atom. The van der Waals surface area contributed by atoms with Crippen LogP contribution in [-0.4, -0.2) is 4.98 Å². The molecule has 0 unspecified atom stereocenters. The molecule has 1 heterocycles. The molecule has 1 heteroatoms. The predicted molar refractivity (Wildman–Crippen MR) is 97.1 cm³/mol. The molecule has 3 aromatic carbocycles. The summed E-state index contributed by atoms with van der Waals surface area (Å²) in [6.07, 6.45) is 3.98. The van der Waals surface area contributed by atoms with Crippen LogP contribution in [0.1, 0.15) is 0 Å². The fraction of sp³-hybridized carbons (Fsp3) is 0. The SMILES string of the molecule is c1ccc(-c2ccc(-c3cccc(-c4cc[nH]c4)c3)cc2)cc1. The lowest BCUT2D eigenvalue weighted by molar-refractivity contribution is 1.41. The zero-order chi connectivity index (χ0) is 15.5. The minimum atomic E-state index is 1.22. The van der Waals surface area contributed by atoms with Crippen molar-refractivity contribution in [2.45, 2.75) is 0 Å². The number of aromatic nitrogens is 1. The van der Waals surface area contributed by atoms with Crippen molar-refractivity contribution in [3.8, 4) is 33.4 Å². The van der Waals surface area contributed by atoms with Crippen LogP contribution >= 0.6 is 0 Å². The molecule has 0 aliphatic heterocycles.